The molecule has 1 unspecified atom stereocenters. The molecule has 0 radical (unpaired) electrons. The maximum Gasteiger partial charge on any atom is 0.336 e. The van der Waals surface area contributed by atoms with Crippen molar-refractivity contribution >= 4 is 22.8 Å². The van der Waals surface area contributed by atoms with E-state index in [1.54, 1.807) is 6.20 Å². The second-order valence-corrected chi connectivity index (χ2v) is 4.56. The first-order valence-electron chi connectivity index (χ1n) is 6.44. The van der Waals surface area contributed by atoms with Gasteiger partial charge < -0.3 is 14.4 Å². The third kappa shape index (κ3) is 2.42. The first-order chi connectivity index (χ1) is 9.78. The maximum absolute atomic E-state index is 11.5. The number of aromatic nitrogens is 2. The highest BCUT2D eigenvalue weighted by molar-refractivity contribution is 5.79. The fraction of sp³-hybridized carbons (Fsp3) is 0.357. The number of fused-ring (bicyclic) bond motifs is 1. The maximum atomic E-state index is 11.5. The second-order valence-electron chi connectivity index (χ2n) is 4.56. The lowest BCUT2D eigenvalue weighted by molar-refractivity contribution is -0.154. The molecule has 0 saturated carbocycles. The molecule has 1 aliphatic rings. The first kappa shape index (κ1) is 12.8. The van der Waals surface area contributed by atoms with E-state index >= 15 is 0 Å². The fourth-order valence-corrected chi connectivity index (χ4v) is 2.22. The van der Waals surface area contributed by atoms with E-state index in [4.69, 9.17) is 9.47 Å². The molecule has 2 heterocycles. The monoisotopic (exact) mass is 273 g/mol. The highest BCUT2D eigenvalue weighted by Gasteiger charge is 2.28. The van der Waals surface area contributed by atoms with Crippen LogP contribution < -0.4 is 4.90 Å². The number of esters is 1. The molecule has 2 aromatic rings. The van der Waals surface area contributed by atoms with Crippen LogP contribution in [0.5, 0.6) is 0 Å². The molecule has 0 bridgehead atoms. The minimum absolute atomic E-state index is 0.365. The van der Waals surface area contributed by atoms with Crippen LogP contribution in [0.25, 0.3) is 10.9 Å². The number of morpholine rings is 1. The van der Waals surface area contributed by atoms with Gasteiger partial charge in [-0.1, -0.05) is 18.2 Å². The Balaban J connectivity index is 1.84. The van der Waals surface area contributed by atoms with E-state index < -0.39 is 6.10 Å². The molecule has 1 saturated heterocycles. The number of hydrogen-bond donors (Lipinski definition) is 0. The molecule has 6 heteroatoms. The number of methoxy groups -OCH3 is 1. The third-order valence-corrected chi connectivity index (χ3v) is 3.29. The Hall–Kier alpha value is -2.21. The number of carbonyl (C=O) groups excluding carboxylic acids is 1. The summed E-state index contributed by atoms with van der Waals surface area (Å²) in [4.78, 5) is 22.4. The summed E-state index contributed by atoms with van der Waals surface area (Å²) in [5.74, 6) is 0.247. The van der Waals surface area contributed by atoms with Gasteiger partial charge in [-0.25, -0.2) is 14.8 Å². The van der Waals surface area contributed by atoms with Crippen molar-refractivity contribution in [3.8, 4) is 0 Å². The van der Waals surface area contributed by atoms with Gasteiger partial charge in [0.2, 0.25) is 5.95 Å². The molecule has 20 heavy (non-hydrogen) atoms. The Morgan fingerprint density at radius 3 is 3.15 bits per heavy atom. The number of rotatable bonds is 2. The zero-order valence-corrected chi connectivity index (χ0v) is 11.2. The van der Waals surface area contributed by atoms with Crippen molar-refractivity contribution in [1.29, 1.82) is 0 Å². The van der Waals surface area contributed by atoms with Crippen molar-refractivity contribution in [2.75, 3.05) is 31.7 Å². The van der Waals surface area contributed by atoms with Crippen LogP contribution in [0, 0.1) is 0 Å². The van der Waals surface area contributed by atoms with Gasteiger partial charge in [-0.3, -0.25) is 0 Å². The highest BCUT2D eigenvalue weighted by Crippen LogP contribution is 2.17. The van der Waals surface area contributed by atoms with E-state index in [1.165, 1.54) is 7.11 Å². The van der Waals surface area contributed by atoms with E-state index in [9.17, 15) is 4.79 Å². The summed E-state index contributed by atoms with van der Waals surface area (Å²) in [5, 5.41) is 0.994. The molecule has 0 spiro atoms. The van der Waals surface area contributed by atoms with Crippen LogP contribution in [0.15, 0.2) is 30.5 Å². The Morgan fingerprint density at radius 1 is 1.45 bits per heavy atom. The molecular formula is C14H15N3O3. The molecule has 1 aromatic heterocycles. The lowest BCUT2D eigenvalue weighted by Gasteiger charge is -2.31. The van der Waals surface area contributed by atoms with E-state index in [1.807, 2.05) is 29.2 Å². The quantitative estimate of drug-likeness (QED) is 0.761. The molecule has 0 aliphatic carbocycles. The molecule has 3 rings (SSSR count). The van der Waals surface area contributed by atoms with Crippen LogP contribution in [0.4, 0.5) is 5.95 Å². The summed E-state index contributed by atoms with van der Waals surface area (Å²) in [6.45, 7) is 1.52. The van der Waals surface area contributed by atoms with Crippen LogP contribution in [0.3, 0.4) is 0 Å². The summed E-state index contributed by atoms with van der Waals surface area (Å²) < 4.78 is 10.1. The minimum atomic E-state index is -0.580. The van der Waals surface area contributed by atoms with E-state index in [2.05, 4.69) is 9.97 Å². The van der Waals surface area contributed by atoms with Gasteiger partial charge in [-0.05, 0) is 6.07 Å². The Kier molecular flexibility index (Phi) is 3.47. The van der Waals surface area contributed by atoms with E-state index in [-0.39, 0.29) is 5.97 Å². The second kappa shape index (κ2) is 5.42. The van der Waals surface area contributed by atoms with Crippen LogP contribution in [-0.2, 0) is 14.3 Å². The van der Waals surface area contributed by atoms with Crippen molar-refractivity contribution in [3.05, 3.63) is 30.5 Å². The first-order valence-corrected chi connectivity index (χ1v) is 6.44. The van der Waals surface area contributed by atoms with Gasteiger partial charge in [0.15, 0.2) is 6.10 Å². The van der Waals surface area contributed by atoms with E-state index in [0.717, 1.165) is 10.9 Å². The predicted octanol–water partition coefficient (Wildman–Crippen LogP) is 1.01. The van der Waals surface area contributed by atoms with Crippen molar-refractivity contribution in [1.82, 2.24) is 9.97 Å². The Bertz CT molecular complexity index is 632. The van der Waals surface area contributed by atoms with Gasteiger partial charge in [-0.2, -0.15) is 0 Å². The SMILES string of the molecule is COC(=O)C1CN(c2ncc3ccccc3n2)CCO1. The standard InChI is InChI=1S/C14H15N3O3/c1-19-13(18)12-9-17(6-7-20-12)14-15-8-10-4-2-3-5-11(10)16-14/h2-5,8,12H,6-7,9H2,1H3. The van der Waals surface area contributed by atoms with E-state index in [0.29, 0.717) is 25.6 Å². The topological polar surface area (TPSA) is 64.5 Å². The van der Waals surface area contributed by atoms with Crippen LogP contribution in [0.1, 0.15) is 0 Å². The number of ether oxygens (including phenoxy) is 2. The molecule has 1 aliphatic heterocycles. The average molecular weight is 273 g/mol. The summed E-state index contributed by atoms with van der Waals surface area (Å²) in [6, 6.07) is 7.80. The zero-order chi connectivity index (χ0) is 13.9. The number of para-hydroxylation sites is 1. The normalized spacial score (nSPS) is 19.1. The largest absolute Gasteiger partial charge is 0.467 e. The van der Waals surface area contributed by atoms with Crippen molar-refractivity contribution in [2.24, 2.45) is 0 Å². The Morgan fingerprint density at radius 2 is 2.30 bits per heavy atom. The average Bonchev–Trinajstić information content (AvgIpc) is 2.53. The number of anilines is 1. The molecule has 0 amide bonds. The Labute approximate surface area is 116 Å². The lowest BCUT2D eigenvalue weighted by atomic mass is 10.2. The fourth-order valence-electron chi connectivity index (χ4n) is 2.22. The summed E-state index contributed by atoms with van der Waals surface area (Å²) >= 11 is 0. The minimum Gasteiger partial charge on any atom is -0.467 e. The van der Waals surface area contributed by atoms with Crippen LogP contribution >= 0.6 is 0 Å². The molecular weight excluding hydrogens is 258 g/mol. The number of hydrogen-bond acceptors (Lipinski definition) is 6. The van der Waals surface area contributed by atoms with Crippen molar-refractivity contribution < 1.29 is 14.3 Å². The molecule has 0 N–H and O–H groups in total. The zero-order valence-electron chi connectivity index (χ0n) is 11.2. The molecule has 1 aromatic carbocycles. The number of nitrogens with zero attached hydrogens (tertiary/aromatic N) is 3. The van der Waals surface area contributed by atoms with Crippen LogP contribution in [0.2, 0.25) is 0 Å². The van der Waals surface area contributed by atoms with Gasteiger partial charge in [0, 0.05) is 18.1 Å². The number of carbonyl (C=O) groups is 1. The predicted molar refractivity (Wildman–Crippen MR) is 73.5 cm³/mol. The molecule has 6 nitrogen and oxygen atoms in total. The summed E-state index contributed by atoms with van der Waals surface area (Å²) in [6.07, 6.45) is 1.21. The van der Waals surface area contributed by atoms with Gasteiger partial charge in [0.1, 0.15) is 0 Å². The number of benzene rings is 1. The van der Waals surface area contributed by atoms with Gasteiger partial charge in [-0.15, -0.1) is 0 Å². The van der Waals surface area contributed by atoms with Gasteiger partial charge in [0.25, 0.3) is 0 Å². The lowest BCUT2D eigenvalue weighted by Crippen LogP contribution is -2.47. The smallest absolute Gasteiger partial charge is 0.336 e. The van der Waals surface area contributed by atoms with Crippen LogP contribution in [-0.4, -0.2) is 48.8 Å². The molecule has 104 valence electrons. The summed E-state index contributed by atoms with van der Waals surface area (Å²) in [5.41, 5.74) is 0.888. The van der Waals surface area contributed by atoms with Crippen molar-refractivity contribution in [3.63, 3.8) is 0 Å². The van der Waals surface area contributed by atoms with Crippen molar-refractivity contribution in [2.45, 2.75) is 6.10 Å². The third-order valence-electron chi connectivity index (χ3n) is 3.29. The van der Waals surface area contributed by atoms with Gasteiger partial charge >= 0.3 is 5.97 Å². The molecule has 1 fully saturated rings. The van der Waals surface area contributed by atoms with Gasteiger partial charge in [0.05, 0.1) is 25.8 Å². The highest BCUT2D eigenvalue weighted by atomic mass is 16.6. The summed E-state index contributed by atoms with van der Waals surface area (Å²) in [7, 11) is 1.36. The molecule has 1 atom stereocenters.